The molecule has 3 aliphatic rings. The van der Waals surface area contributed by atoms with E-state index in [-0.39, 0.29) is 23.7 Å². The van der Waals surface area contributed by atoms with Crippen LogP contribution in [0.25, 0.3) is 11.1 Å². The summed E-state index contributed by atoms with van der Waals surface area (Å²) in [6.07, 6.45) is 4.84. The molecule has 0 amide bonds. The summed E-state index contributed by atoms with van der Waals surface area (Å²) in [7, 11) is -0.341. The Morgan fingerprint density at radius 3 is 2.18 bits per heavy atom. The fourth-order valence-electron chi connectivity index (χ4n) is 5.23. The third-order valence-electron chi connectivity index (χ3n) is 7.50. The van der Waals surface area contributed by atoms with Gasteiger partial charge in [0.05, 0.1) is 22.8 Å². The molecule has 4 heteroatoms. The van der Waals surface area contributed by atoms with Crippen LogP contribution in [0.4, 0.5) is 0 Å². The highest BCUT2D eigenvalue weighted by atomic mass is 16.7. The Labute approximate surface area is 167 Å². The Hall–Kier alpha value is -2.09. The summed E-state index contributed by atoms with van der Waals surface area (Å²) in [4.78, 5) is 0. The van der Waals surface area contributed by atoms with E-state index >= 15 is 0 Å². The third kappa shape index (κ3) is 2.30. The number of fused-ring (bicyclic) bond motifs is 5. The standard InChI is InChI=1S/C24H26BNO2/c1-22(2)23(3,4)28-25(27-22)17-8-9-18-19-13-16(15-26)7-10-20(19)24(21(18)14-17)11-5-6-12-24/h7-10,13-14H,5-6,11-12H2,1-4H3. The minimum absolute atomic E-state index is 0.0816. The summed E-state index contributed by atoms with van der Waals surface area (Å²) in [6.45, 7) is 8.38. The first-order chi connectivity index (χ1) is 13.3. The van der Waals surface area contributed by atoms with E-state index in [4.69, 9.17) is 9.31 Å². The second-order valence-electron chi connectivity index (χ2n) is 9.55. The molecule has 1 spiro atoms. The lowest BCUT2D eigenvalue weighted by Gasteiger charge is -2.32. The van der Waals surface area contributed by atoms with E-state index in [1.165, 1.54) is 47.9 Å². The zero-order valence-electron chi connectivity index (χ0n) is 17.1. The first kappa shape index (κ1) is 18.0. The van der Waals surface area contributed by atoms with Crippen molar-refractivity contribution in [2.24, 2.45) is 0 Å². The van der Waals surface area contributed by atoms with Gasteiger partial charge in [0.25, 0.3) is 0 Å². The summed E-state index contributed by atoms with van der Waals surface area (Å²) >= 11 is 0. The van der Waals surface area contributed by atoms with Crippen LogP contribution >= 0.6 is 0 Å². The molecule has 28 heavy (non-hydrogen) atoms. The maximum atomic E-state index is 9.38. The van der Waals surface area contributed by atoms with Crippen LogP contribution in [-0.2, 0) is 14.7 Å². The molecule has 3 nitrogen and oxygen atoms in total. The van der Waals surface area contributed by atoms with Crippen LogP contribution in [0.1, 0.15) is 70.1 Å². The fraction of sp³-hybridized carbons (Fsp3) is 0.458. The van der Waals surface area contributed by atoms with Gasteiger partial charge in [-0.1, -0.05) is 37.1 Å². The van der Waals surface area contributed by atoms with E-state index in [0.717, 1.165) is 11.0 Å². The van der Waals surface area contributed by atoms with Gasteiger partial charge in [0, 0.05) is 5.41 Å². The van der Waals surface area contributed by atoms with Gasteiger partial charge >= 0.3 is 7.12 Å². The molecule has 0 aromatic heterocycles. The van der Waals surface area contributed by atoms with Crippen LogP contribution in [-0.4, -0.2) is 18.3 Å². The predicted octanol–water partition coefficient (Wildman–Crippen LogP) is 4.70. The Kier molecular flexibility index (Phi) is 3.67. The molecule has 2 aliphatic carbocycles. The lowest BCUT2D eigenvalue weighted by Crippen LogP contribution is -2.41. The topological polar surface area (TPSA) is 42.2 Å². The fourth-order valence-corrected chi connectivity index (χ4v) is 5.23. The first-order valence-electron chi connectivity index (χ1n) is 10.3. The molecule has 1 saturated carbocycles. The Morgan fingerprint density at radius 2 is 1.54 bits per heavy atom. The highest BCUT2D eigenvalue weighted by Crippen LogP contribution is 2.56. The van der Waals surface area contributed by atoms with Gasteiger partial charge in [-0.15, -0.1) is 0 Å². The van der Waals surface area contributed by atoms with E-state index in [1.807, 2.05) is 6.07 Å². The maximum Gasteiger partial charge on any atom is 0.494 e. The Bertz CT molecular complexity index is 996. The van der Waals surface area contributed by atoms with Crippen LogP contribution in [0.5, 0.6) is 0 Å². The lowest BCUT2D eigenvalue weighted by molar-refractivity contribution is 0.00578. The molecule has 0 radical (unpaired) electrons. The first-order valence-corrected chi connectivity index (χ1v) is 10.3. The number of rotatable bonds is 1. The van der Waals surface area contributed by atoms with Gasteiger partial charge in [-0.2, -0.15) is 5.26 Å². The SMILES string of the molecule is CC1(C)OB(c2ccc3c(c2)C2(CCCC2)c2ccc(C#N)cc2-3)OC1(C)C. The quantitative estimate of drug-likeness (QED) is 0.683. The summed E-state index contributed by atoms with van der Waals surface area (Å²) in [5.41, 5.74) is 6.52. The van der Waals surface area contributed by atoms with Crippen molar-refractivity contribution in [3.05, 3.63) is 53.1 Å². The van der Waals surface area contributed by atoms with Crippen molar-refractivity contribution in [2.45, 2.75) is 70.0 Å². The number of nitriles is 1. The van der Waals surface area contributed by atoms with Crippen molar-refractivity contribution in [1.29, 1.82) is 5.26 Å². The molecular weight excluding hydrogens is 345 g/mol. The van der Waals surface area contributed by atoms with Crippen molar-refractivity contribution >= 4 is 12.6 Å². The predicted molar refractivity (Wildman–Crippen MR) is 112 cm³/mol. The van der Waals surface area contributed by atoms with Crippen LogP contribution < -0.4 is 5.46 Å². The van der Waals surface area contributed by atoms with Crippen molar-refractivity contribution in [1.82, 2.24) is 0 Å². The number of nitrogens with zero attached hydrogens (tertiary/aromatic N) is 1. The van der Waals surface area contributed by atoms with Crippen molar-refractivity contribution in [3.8, 4) is 17.2 Å². The van der Waals surface area contributed by atoms with Crippen LogP contribution in [0.2, 0.25) is 0 Å². The molecule has 1 saturated heterocycles. The van der Waals surface area contributed by atoms with Gasteiger partial charge in [-0.25, -0.2) is 0 Å². The molecule has 0 bridgehead atoms. The van der Waals surface area contributed by atoms with Gasteiger partial charge in [-0.3, -0.25) is 0 Å². The number of benzene rings is 2. The largest absolute Gasteiger partial charge is 0.494 e. The molecule has 0 unspecified atom stereocenters. The zero-order chi connectivity index (χ0) is 19.7. The van der Waals surface area contributed by atoms with E-state index in [9.17, 15) is 5.26 Å². The highest BCUT2D eigenvalue weighted by Gasteiger charge is 2.52. The second-order valence-corrected chi connectivity index (χ2v) is 9.55. The molecule has 1 heterocycles. The monoisotopic (exact) mass is 371 g/mol. The van der Waals surface area contributed by atoms with Gasteiger partial charge in [0.1, 0.15) is 0 Å². The molecule has 0 atom stereocenters. The van der Waals surface area contributed by atoms with Gasteiger partial charge in [0.2, 0.25) is 0 Å². The molecule has 2 aromatic rings. The minimum atomic E-state index is -0.341. The zero-order valence-corrected chi connectivity index (χ0v) is 17.1. The molecule has 5 rings (SSSR count). The summed E-state index contributed by atoms with van der Waals surface area (Å²) < 4.78 is 12.6. The van der Waals surface area contributed by atoms with Crippen LogP contribution in [0.3, 0.4) is 0 Å². The molecule has 0 N–H and O–H groups in total. The van der Waals surface area contributed by atoms with Gasteiger partial charge in [-0.05, 0) is 80.4 Å². The average Bonchev–Trinajstić information content (AvgIpc) is 3.31. The molecule has 142 valence electrons. The number of hydrogen-bond donors (Lipinski definition) is 0. The summed E-state index contributed by atoms with van der Waals surface area (Å²) in [5.74, 6) is 0. The highest BCUT2D eigenvalue weighted by molar-refractivity contribution is 6.62. The van der Waals surface area contributed by atoms with Gasteiger partial charge < -0.3 is 9.31 Å². The van der Waals surface area contributed by atoms with E-state index in [1.54, 1.807) is 0 Å². The minimum Gasteiger partial charge on any atom is -0.399 e. The molecular formula is C24H26BNO2. The Balaban J connectivity index is 1.64. The maximum absolute atomic E-state index is 9.38. The Morgan fingerprint density at radius 1 is 0.857 bits per heavy atom. The second kappa shape index (κ2) is 5.72. The van der Waals surface area contributed by atoms with Crippen LogP contribution in [0.15, 0.2) is 36.4 Å². The summed E-state index contributed by atoms with van der Waals surface area (Å²) in [5, 5.41) is 9.38. The van der Waals surface area contributed by atoms with E-state index < -0.39 is 0 Å². The normalized spacial score (nSPS) is 22.9. The van der Waals surface area contributed by atoms with Gasteiger partial charge in [0.15, 0.2) is 0 Å². The molecule has 2 aromatic carbocycles. The summed E-state index contributed by atoms with van der Waals surface area (Å²) in [6, 6.07) is 15.2. The van der Waals surface area contributed by atoms with Crippen LogP contribution in [0, 0.1) is 11.3 Å². The van der Waals surface area contributed by atoms with E-state index in [0.29, 0.717) is 0 Å². The number of hydrogen-bond acceptors (Lipinski definition) is 3. The molecule has 2 fully saturated rings. The molecule has 1 aliphatic heterocycles. The smallest absolute Gasteiger partial charge is 0.399 e. The van der Waals surface area contributed by atoms with Crippen molar-refractivity contribution < 1.29 is 9.31 Å². The van der Waals surface area contributed by atoms with Crippen molar-refractivity contribution in [2.75, 3.05) is 0 Å². The van der Waals surface area contributed by atoms with E-state index in [2.05, 4.69) is 64.1 Å². The average molecular weight is 371 g/mol. The third-order valence-corrected chi connectivity index (χ3v) is 7.50. The van der Waals surface area contributed by atoms with Crippen molar-refractivity contribution in [3.63, 3.8) is 0 Å². The lowest BCUT2D eigenvalue weighted by atomic mass is 9.72.